The number of rotatable bonds is 6. The van der Waals surface area contributed by atoms with Crippen LogP contribution in [0.25, 0.3) is 0 Å². The fraction of sp³-hybridized carbons (Fsp3) is 0.435. The molecular formula is C23H31N3O4S. The average Bonchev–Trinajstić information content (AvgIpc) is 2.74. The van der Waals surface area contributed by atoms with Gasteiger partial charge in [0, 0.05) is 18.8 Å². The van der Waals surface area contributed by atoms with Crippen LogP contribution in [0, 0.1) is 5.41 Å². The molecule has 1 saturated heterocycles. The van der Waals surface area contributed by atoms with Gasteiger partial charge in [-0.15, -0.1) is 0 Å². The van der Waals surface area contributed by atoms with E-state index in [2.05, 4.69) is 31.4 Å². The highest BCUT2D eigenvalue weighted by atomic mass is 32.2. The molecule has 2 aromatic rings. The van der Waals surface area contributed by atoms with Crippen molar-refractivity contribution in [1.82, 2.24) is 9.62 Å². The summed E-state index contributed by atoms with van der Waals surface area (Å²) in [5.74, 6) is 0. The topological polar surface area (TPSA) is 87.7 Å². The van der Waals surface area contributed by atoms with Gasteiger partial charge in [-0.2, -0.15) is 4.31 Å². The molecule has 2 aromatic carbocycles. The molecule has 0 saturated carbocycles. The molecule has 168 valence electrons. The highest BCUT2D eigenvalue weighted by Gasteiger charge is 2.27. The molecule has 0 aliphatic carbocycles. The fourth-order valence-electron chi connectivity index (χ4n) is 3.55. The second kappa shape index (κ2) is 9.80. The van der Waals surface area contributed by atoms with Gasteiger partial charge in [0.2, 0.25) is 10.0 Å². The summed E-state index contributed by atoms with van der Waals surface area (Å²) in [6.45, 7) is 7.80. The average molecular weight is 446 g/mol. The van der Waals surface area contributed by atoms with Crippen molar-refractivity contribution in [3.63, 3.8) is 0 Å². The Balaban J connectivity index is 1.73. The number of anilines is 1. The molecule has 0 aromatic heterocycles. The molecule has 3 rings (SSSR count). The van der Waals surface area contributed by atoms with Crippen LogP contribution in [0.5, 0.6) is 0 Å². The fourth-order valence-corrected chi connectivity index (χ4v) is 5.00. The number of amides is 2. The van der Waals surface area contributed by atoms with E-state index in [1.165, 1.54) is 10.4 Å². The quantitative estimate of drug-likeness (QED) is 0.703. The Labute approximate surface area is 184 Å². The molecule has 1 heterocycles. The molecule has 1 aliphatic heterocycles. The first kappa shape index (κ1) is 23.2. The minimum atomic E-state index is -3.63. The van der Waals surface area contributed by atoms with Gasteiger partial charge in [0.1, 0.15) is 0 Å². The van der Waals surface area contributed by atoms with Crippen LogP contribution in [0.2, 0.25) is 0 Å². The lowest BCUT2D eigenvalue weighted by Crippen LogP contribution is -2.40. The molecule has 1 aliphatic rings. The van der Waals surface area contributed by atoms with E-state index in [-0.39, 0.29) is 22.4 Å². The Morgan fingerprint density at radius 2 is 1.74 bits per heavy atom. The van der Waals surface area contributed by atoms with E-state index in [0.29, 0.717) is 32.0 Å². The van der Waals surface area contributed by atoms with Gasteiger partial charge in [-0.3, -0.25) is 0 Å². The predicted molar refractivity (Wildman–Crippen MR) is 121 cm³/mol. The highest BCUT2D eigenvalue weighted by molar-refractivity contribution is 7.89. The summed E-state index contributed by atoms with van der Waals surface area (Å²) < 4.78 is 32.4. The maximum Gasteiger partial charge on any atom is 0.319 e. The van der Waals surface area contributed by atoms with Gasteiger partial charge < -0.3 is 15.4 Å². The normalized spacial score (nSPS) is 16.5. The van der Waals surface area contributed by atoms with Gasteiger partial charge in [0.25, 0.3) is 0 Å². The Morgan fingerprint density at radius 1 is 1.06 bits per heavy atom. The minimum Gasteiger partial charge on any atom is -0.379 e. The van der Waals surface area contributed by atoms with Crippen molar-refractivity contribution in [3.05, 3.63) is 60.2 Å². The molecule has 1 fully saturated rings. The summed E-state index contributed by atoms with van der Waals surface area (Å²) in [7, 11) is -3.63. The number of nitrogens with zero attached hydrogens (tertiary/aromatic N) is 1. The van der Waals surface area contributed by atoms with Crippen LogP contribution in [0.15, 0.2) is 59.5 Å². The zero-order valence-corrected chi connectivity index (χ0v) is 19.1. The second-order valence-electron chi connectivity index (χ2n) is 8.87. The molecule has 0 radical (unpaired) electrons. The first-order valence-corrected chi connectivity index (χ1v) is 11.9. The van der Waals surface area contributed by atoms with Crippen LogP contribution in [0.1, 0.15) is 38.8 Å². The number of morpholine rings is 1. The lowest BCUT2D eigenvalue weighted by Gasteiger charge is -2.27. The lowest BCUT2D eigenvalue weighted by atomic mass is 9.85. The third-order valence-electron chi connectivity index (χ3n) is 5.02. The SMILES string of the molecule is CC(C)(C)CC(NC(=O)Nc1cccc(S(=O)(=O)N2CCOCC2)c1)c1ccccc1. The molecule has 31 heavy (non-hydrogen) atoms. The number of carbonyl (C=O) groups is 1. The van der Waals surface area contributed by atoms with E-state index in [0.717, 1.165) is 12.0 Å². The number of sulfonamides is 1. The zero-order valence-electron chi connectivity index (χ0n) is 18.3. The van der Waals surface area contributed by atoms with Crippen molar-refractivity contribution in [2.45, 2.75) is 38.1 Å². The van der Waals surface area contributed by atoms with E-state index < -0.39 is 10.0 Å². The van der Waals surface area contributed by atoms with Gasteiger partial charge in [-0.05, 0) is 35.6 Å². The van der Waals surface area contributed by atoms with E-state index in [9.17, 15) is 13.2 Å². The van der Waals surface area contributed by atoms with Gasteiger partial charge in [-0.1, -0.05) is 57.2 Å². The van der Waals surface area contributed by atoms with Crippen LogP contribution in [0.4, 0.5) is 10.5 Å². The number of nitrogens with one attached hydrogen (secondary N) is 2. The zero-order chi connectivity index (χ0) is 22.5. The Kier molecular flexibility index (Phi) is 7.35. The molecule has 1 unspecified atom stereocenters. The van der Waals surface area contributed by atoms with Gasteiger partial charge >= 0.3 is 6.03 Å². The molecule has 0 spiro atoms. The van der Waals surface area contributed by atoms with Crippen molar-refractivity contribution in [2.75, 3.05) is 31.6 Å². The minimum absolute atomic E-state index is 0.0138. The smallest absolute Gasteiger partial charge is 0.319 e. The summed E-state index contributed by atoms with van der Waals surface area (Å²) in [4.78, 5) is 12.9. The standard InChI is InChI=1S/C23H31N3O4S/c1-23(2,3)17-21(18-8-5-4-6-9-18)25-22(27)24-19-10-7-11-20(16-19)31(28,29)26-12-14-30-15-13-26/h4-11,16,21H,12-15,17H2,1-3H3,(H2,24,25,27). The van der Waals surface area contributed by atoms with E-state index in [4.69, 9.17) is 4.74 Å². The molecule has 8 heteroatoms. The van der Waals surface area contributed by atoms with Crippen LogP contribution < -0.4 is 10.6 Å². The molecular weight excluding hydrogens is 414 g/mol. The van der Waals surface area contributed by atoms with Gasteiger partial charge in [0.05, 0.1) is 24.2 Å². The number of benzene rings is 2. The summed E-state index contributed by atoms with van der Waals surface area (Å²) in [5, 5.41) is 5.82. The van der Waals surface area contributed by atoms with Crippen molar-refractivity contribution >= 4 is 21.7 Å². The third kappa shape index (κ3) is 6.53. The van der Waals surface area contributed by atoms with E-state index in [1.54, 1.807) is 18.2 Å². The first-order chi connectivity index (χ1) is 14.6. The van der Waals surface area contributed by atoms with Crippen molar-refractivity contribution in [1.29, 1.82) is 0 Å². The Hall–Kier alpha value is -2.42. The first-order valence-electron chi connectivity index (χ1n) is 10.5. The third-order valence-corrected chi connectivity index (χ3v) is 6.92. The molecule has 1 atom stereocenters. The summed E-state index contributed by atoms with van der Waals surface area (Å²) >= 11 is 0. The van der Waals surface area contributed by atoms with Crippen LogP contribution in [-0.4, -0.2) is 45.1 Å². The van der Waals surface area contributed by atoms with Crippen LogP contribution in [0.3, 0.4) is 0 Å². The van der Waals surface area contributed by atoms with Crippen molar-refractivity contribution < 1.29 is 17.9 Å². The number of ether oxygens (including phenoxy) is 1. The highest BCUT2D eigenvalue weighted by Crippen LogP contribution is 2.29. The van der Waals surface area contributed by atoms with Gasteiger partial charge in [0.15, 0.2) is 0 Å². The van der Waals surface area contributed by atoms with E-state index >= 15 is 0 Å². The molecule has 2 N–H and O–H groups in total. The van der Waals surface area contributed by atoms with E-state index in [1.807, 2.05) is 30.3 Å². The predicted octanol–water partition coefficient (Wildman–Crippen LogP) is 4.01. The monoisotopic (exact) mass is 445 g/mol. The number of urea groups is 1. The number of hydrogen-bond donors (Lipinski definition) is 2. The largest absolute Gasteiger partial charge is 0.379 e. The number of carbonyl (C=O) groups excluding carboxylic acids is 1. The van der Waals surface area contributed by atoms with Gasteiger partial charge in [-0.25, -0.2) is 13.2 Å². The van der Waals surface area contributed by atoms with Crippen LogP contribution in [-0.2, 0) is 14.8 Å². The summed E-state index contributed by atoms with van der Waals surface area (Å²) in [6.07, 6.45) is 0.760. The Morgan fingerprint density at radius 3 is 2.39 bits per heavy atom. The Bertz CT molecular complexity index is 981. The van der Waals surface area contributed by atoms with Crippen LogP contribution >= 0.6 is 0 Å². The summed E-state index contributed by atoms with van der Waals surface area (Å²) in [6, 6.07) is 15.6. The molecule has 7 nitrogen and oxygen atoms in total. The van der Waals surface area contributed by atoms with Crippen molar-refractivity contribution in [2.24, 2.45) is 5.41 Å². The second-order valence-corrected chi connectivity index (χ2v) is 10.8. The molecule has 2 amide bonds. The number of hydrogen-bond acceptors (Lipinski definition) is 4. The molecule has 0 bridgehead atoms. The summed E-state index contributed by atoms with van der Waals surface area (Å²) in [5.41, 5.74) is 1.46. The maximum absolute atomic E-state index is 12.9. The van der Waals surface area contributed by atoms with Crippen molar-refractivity contribution in [3.8, 4) is 0 Å². The maximum atomic E-state index is 12.9. The lowest BCUT2D eigenvalue weighted by molar-refractivity contribution is 0.0730.